The predicted molar refractivity (Wildman–Crippen MR) is 47.3 cm³/mol. The lowest BCUT2D eigenvalue weighted by Crippen LogP contribution is -2.43. The third-order valence-corrected chi connectivity index (χ3v) is 2.00. The molecule has 0 bridgehead atoms. The Morgan fingerprint density at radius 1 is 1.44 bits per heavy atom. The van der Waals surface area contributed by atoms with Gasteiger partial charge in [-0.05, 0) is 13.8 Å². The lowest BCUT2D eigenvalue weighted by Gasteiger charge is -2.26. The second kappa shape index (κ2) is 5.13. The van der Waals surface area contributed by atoms with Crippen LogP contribution in [-0.4, -0.2) is 30.2 Å². The number of esters is 1. The molecule has 1 unspecified atom stereocenters. The van der Waals surface area contributed by atoms with Gasteiger partial charge in [-0.3, -0.25) is 14.9 Å². The van der Waals surface area contributed by atoms with Crippen molar-refractivity contribution in [3.05, 3.63) is 10.1 Å². The van der Waals surface area contributed by atoms with Crippen molar-refractivity contribution < 1.29 is 27.6 Å². The summed E-state index contributed by atoms with van der Waals surface area (Å²) in [5, 5.41) is 10.2. The molecule has 94 valence electrons. The second-order valence-electron chi connectivity index (χ2n) is 3.53. The third-order valence-electron chi connectivity index (χ3n) is 2.00. The Kier molecular flexibility index (Phi) is 4.70. The van der Waals surface area contributed by atoms with Crippen LogP contribution in [0.1, 0.15) is 20.3 Å². The molecule has 0 heterocycles. The van der Waals surface area contributed by atoms with Crippen molar-refractivity contribution in [3.8, 4) is 0 Å². The van der Waals surface area contributed by atoms with E-state index < -0.39 is 35.4 Å². The van der Waals surface area contributed by atoms with Crippen LogP contribution in [0, 0.1) is 15.5 Å². The molecule has 5 nitrogen and oxygen atoms in total. The monoisotopic (exact) mass is 243 g/mol. The molecule has 0 aromatic heterocycles. The quantitative estimate of drug-likeness (QED) is 0.419. The van der Waals surface area contributed by atoms with E-state index >= 15 is 0 Å². The third kappa shape index (κ3) is 4.03. The van der Waals surface area contributed by atoms with Crippen molar-refractivity contribution in [2.24, 2.45) is 5.41 Å². The Balaban J connectivity index is 4.81. The normalized spacial score (nSPS) is 15.3. The first kappa shape index (κ1) is 14.7. The number of rotatable bonds is 5. The molecule has 0 saturated heterocycles. The van der Waals surface area contributed by atoms with Gasteiger partial charge in [0.05, 0.1) is 13.0 Å². The van der Waals surface area contributed by atoms with E-state index in [0.29, 0.717) is 6.92 Å². The molecule has 0 aliphatic rings. The van der Waals surface area contributed by atoms with Gasteiger partial charge in [-0.2, -0.15) is 13.2 Å². The number of ether oxygens (including phenoxy) is 1. The molecule has 0 aromatic carbocycles. The largest absolute Gasteiger partial charge is 0.466 e. The maximum Gasteiger partial charge on any atom is 0.401 e. The van der Waals surface area contributed by atoms with Gasteiger partial charge in [-0.1, -0.05) is 0 Å². The van der Waals surface area contributed by atoms with Crippen molar-refractivity contribution in [2.75, 3.05) is 13.2 Å². The van der Waals surface area contributed by atoms with E-state index in [0.717, 1.165) is 0 Å². The zero-order valence-electron chi connectivity index (χ0n) is 8.84. The summed E-state index contributed by atoms with van der Waals surface area (Å²) >= 11 is 0. The van der Waals surface area contributed by atoms with E-state index in [1.54, 1.807) is 0 Å². The number of nitro groups is 1. The van der Waals surface area contributed by atoms with Gasteiger partial charge in [0, 0.05) is 4.92 Å². The molecule has 0 aromatic rings. The minimum Gasteiger partial charge on any atom is -0.466 e. The molecule has 0 rings (SSSR count). The van der Waals surface area contributed by atoms with Crippen LogP contribution in [0.4, 0.5) is 13.2 Å². The van der Waals surface area contributed by atoms with Gasteiger partial charge in [0.2, 0.25) is 6.54 Å². The number of carbonyl (C=O) groups excluding carboxylic acids is 1. The standard InChI is InChI=1S/C8H12F3NO4/c1-3-16-6(13)4-7(2,5-12(14)15)8(9,10)11/h3-5H2,1-2H3. The van der Waals surface area contributed by atoms with Gasteiger partial charge >= 0.3 is 12.1 Å². The highest BCUT2D eigenvalue weighted by Gasteiger charge is 2.56. The summed E-state index contributed by atoms with van der Waals surface area (Å²) in [6.07, 6.45) is -5.88. The summed E-state index contributed by atoms with van der Waals surface area (Å²) in [6.45, 7) is 0.656. The van der Waals surface area contributed by atoms with Gasteiger partial charge in [0.15, 0.2) is 0 Å². The topological polar surface area (TPSA) is 69.4 Å². The molecule has 1 atom stereocenters. The summed E-state index contributed by atoms with van der Waals surface area (Å²) in [5.74, 6) is -1.09. The summed E-state index contributed by atoms with van der Waals surface area (Å²) in [5.41, 5.74) is -2.69. The van der Waals surface area contributed by atoms with Gasteiger partial charge in [-0.25, -0.2) is 0 Å². The molecule has 0 radical (unpaired) electrons. The van der Waals surface area contributed by atoms with Crippen LogP contribution in [-0.2, 0) is 9.53 Å². The lowest BCUT2D eigenvalue weighted by atomic mass is 9.86. The highest BCUT2D eigenvalue weighted by atomic mass is 19.4. The molecule has 0 spiro atoms. The number of hydrogen-bond acceptors (Lipinski definition) is 4. The van der Waals surface area contributed by atoms with Gasteiger partial charge in [0.1, 0.15) is 5.41 Å². The van der Waals surface area contributed by atoms with Crippen LogP contribution < -0.4 is 0 Å². The number of halogens is 3. The fourth-order valence-corrected chi connectivity index (χ4v) is 1.06. The van der Waals surface area contributed by atoms with Crippen molar-refractivity contribution >= 4 is 5.97 Å². The average Bonchev–Trinajstić information content (AvgIpc) is 1.99. The summed E-state index contributed by atoms with van der Waals surface area (Å²) in [4.78, 5) is 20.0. The minimum absolute atomic E-state index is 0.0643. The first-order chi connectivity index (χ1) is 7.12. The van der Waals surface area contributed by atoms with Gasteiger partial charge < -0.3 is 4.74 Å². The number of alkyl halides is 3. The van der Waals surface area contributed by atoms with Crippen LogP contribution in [0.15, 0.2) is 0 Å². The number of hydrogen-bond donors (Lipinski definition) is 0. The Labute approximate surface area is 89.7 Å². The smallest absolute Gasteiger partial charge is 0.401 e. The highest BCUT2D eigenvalue weighted by molar-refractivity contribution is 5.70. The molecule has 8 heteroatoms. The van der Waals surface area contributed by atoms with Crippen molar-refractivity contribution in [2.45, 2.75) is 26.4 Å². The van der Waals surface area contributed by atoms with Crippen LogP contribution in [0.5, 0.6) is 0 Å². The predicted octanol–water partition coefficient (Wildman–Crippen LogP) is 1.78. The van der Waals surface area contributed by atoms with E-state index in [-0.39, 0.29) is 6.61 Å². The summed E-state index contributed by atoms with van der Waals surface area (Å²) in [7, 11) is 0. The highest BCUT2D eigenvalue weighted by Crippen LogP contribution is 2.41. The molecule has 0 aliphatic carbocycles. The Morgan fingerprint density at radius 2 is 1.94 bits per heavy atom. The first-order valence-corrected chi connectivity index (χ1v) is 4.46. The van der Waals surface area contributed by atoms with Crippen LogP contribution >= 0.6 is 0 Å². The zero-order chi connectivity index (χ0) is 13.0. The van der Waals surface area contributed by atoms with E-state index in [9.17, 15) is 28.1 Å². The minimum atomic E-state index is -4.83. The molecule has 0 saturated carbocycles. The Morgan fingerprint density at radius 3 is 2.25 bits per heavy atom. The Bertz CT molecular complexity index is 279. The molecular weight excluding hydrogens is 231 g/mol. The van der Waals surface area contributed by atoms with E-state index in [4.69, 9.17) is 0 Å². The lowest BCUT2D eigenvalue weighted by molar-refractivity contribution is -0.509. The molecule has 0 aliphatic heterocycles. The van der Waals surface area contributed by atoms with Crippen LogP contribution in [0.25, 0.3) is 0 Å². The first-order valence-electron chi connectivity index (χ1n) is 4.46. The van der Waals surface area contributed by atoms with Crippen molar-refractivity contribution in [3.63, 3.8) is 0 Å². The average molecular weight is 243 g/mol. The fourth-order valence-electron chi connectivity index (χ4n) is 1.06. The second-order valence-corrected chi connectivity index (χ2v) is 3.53. The number of nitrogens with zero attached hydrogens (tertiary/aromatic N) is 1. The van der Waals surface area contributed by atoms with Crippen molar-refractivity contribution in [1.29, 1.82) is 0 Å². The van der Waals surface area contributed by atoms with E-state index in [2.05, 4.69) is 4.74 Å². The summed E-state index contributed by atoms with van der Waals surface area (Å²) in [6, 6.07) is 0. The van der Waals surface area contributed by atoms with Crippen molar-refractivity contribution in [1.82, 2.24) is 0 Å². The maximum atomic E-state index is 12.6. The molecule has 0 N–H and O–H groups in total. The molecule has 0 amide bonds. The van der Waals surface area contributed by atoms with Crippen LogP contribution in [0.2, 0.25) is 0 Å². The van der Waals surface area contributed by atoms with Gasteiger partial charge in [0.25, 0.3) is 0 Å². The van der Waals surface area contributed by atoms with Gasteiger partial charge in [-0.15, -0.1) is 0 Å². The fraction of sp³-hybridized carbons (Fsp3) is 0.875. The Hall–Kier alpha value is -1.34. The molecule has 16 heavy (non-hydrogen) atoms. The maximum absolute atomic E-state index is 12.6. The van der Waals surface area contributed by atoms with E-state index in [1.165, 1.54) is 6.92 Å². The molecule has 0 fully saturated rings. The zero-order valence-corrected chi connectivity index (χ0v) is 8.84. The van der Waals surface area contributed by atoms with Crippen LogP contribution in [0.3, 0.4) is 0 Å². The molecular formula is C8H12F3NO4. The SMILES string of the molecule is CCOC(=O)CC(C)(C[N+](=O)[O-])C(F)(F)F. The number of carbonyl (C=O) groups is 1. The summed E-state index contributed by atoms with van der Waals surface area (Å²) < 4.78 is 42.0. The van der Waals surface area contributed by atoms with E-state index in [1.807, 2.05) is 0 Å².